The van der Waals surface area contributed by atoms with Crippen LogP contribution in [-0.4, -0.2) is 19.1 Å². The van der Waals surface area contributed by atoms with E-state index in [9.17, 15) is 9.59 Å². The molecule has 6 nitrogen and oxygen atoms in total. The van der Waals surface area contributed by atoms with E-state index in [2.05, 4.69) is 16.3 Å². The monoisotopic (exact) mass is 179 g/mol. The fourth-order valence-corrected chi connectivity index (χ4v) is 1.15. The van der Waals surface area contributed by atoms with E-state index in [-0.39, 0.29) is 11.2 Å². The van der Waals surface area contributed by atoms with Crippen molar-refractivity contribution in [1.82, 2.24) is 19.1 Å². The Kier molecular flexibility index (Phi) is 1.39. The highest BCUT2D eigenvalue weighted by Gasteiger charge is 2.08. The minimum Gasteiger partial charge on any atom is -0.319 e. The van der Waals surface area contributed by atoms with Crippen LogP contribution >= 0.6 is 0 Å². The van der Waals surface area contributed by atoms with Crippen molar-refractivity contribution < 1.29 is 0 Å². The summed E-state index contributed by atoms with van der Waals surface area (Å²) in [6.07, 6.45) is 2.56. The molecule has 0 bridgehead atoms. The van der Waals surface area contributed by atoms with Crippen molar-refractivity contribution in [2.24, 2.45) is 14.1 Å². The number of nitrogens with one attached hydrogen (secondary N) is 1. The second-order valence-electron chi connectivity index (χ2n) is 2.76. The molecule has 0 aliphatic heterocycles. The van der Waals surface area contributed by atoms with Gasteiger partial charge in [-0.2, -0.15) is 0 Å². The predicted octanol–water partition coefficient (Wildman–Crippen LogP) is -1.24. The Labute approximate surface area is 72.5 Å². The highest BCUT2D eigenvalue weighted by molar-refractivity contribution is 5.68. The summed E-state index contributed by atoms with van der Waals surface area (Å²) in [7, 11) is 3.06. The van der Waals surface area contributed by atoms with Crippen molar-refractivity contribution in [2.75, 3.05) is 0 Å². The van der Waals surface area contributed by atoms with Crippen LogP contribution in [0.1, 0.15) is 0 Å². The number of hydrogen-bond acceptors (Lipinski definition) is 3. The van der Waals surface area contributed by atoms with Crippen LogP contribution in [0.25, 0.3) is 11.2 Å². The van der Waals surface area contributed by atoms with Crippen molar-refractivity contribution in [1.29, 1.82) is 0 Å². The third-order valence-corrected chi connectivity index (χ3v) is 1.91. The first-order chi connectivity index (χ1) is 6.11. The van der Waals surface area contributed by atoms with Gasteiger partial charge in [-0.05, 0) is 0 Å². The molecule has 0 saturated carbocycles. The quantitative estimate of drug-likeness (QED) is 0.549. The van der Waals surface area contributed by atoms with E-state index in [1.807, 2.05) is 0 Å². The van der Waals surface area contributed by atoms with Gasteiger partial charge >= 0.3 is 5.69 Å². The summed E-state index contributed by atoms with van der Waals surface area (Å²) in [5.41, 5.74) is -0.211. The van der Waals surface area contributed by atoms with Gasteiger partial charge < -0.3 is 4.57 Å². The Hall–Kier alpha value is -1.85. The van der Waals surface area contributed by atoms with Crippen molar-refractivity contribution in [3.63, 3.8) is 0 Å². The smallest absolute Gasteiger partial charge is 0.319 e. The first-order valence-electron chi connectivity index (χ1n) is 3.64. The van der Waals surface area contributed by atoms with E-state index in [0.29, 0.717) is 5.52 Å². The van der Waals surface area contributed by atoms with Crippen LogP contribution < -0.4 is 11.2 Å². The Morgan fingerprint density at radius 3 is 2.77 bits per heavy atom. The Morgan fingerprint density at radius 2 is 2.08 bits per heavy atom. The van der Waals surface area contributed by atoms with Gasteiger partial charge in [-0.3, -0.25) is 14.3 Å². The Balaban J connectivity index is 3.16. The second kappa shape index (κ2) is 2.32. The molecule has 0 fully saturated rings. The van der Waals surface area contributed by atoms with E-state index in [1.54, 1.807) is 7.05 Å². The van der Waals surface area contributed by atoms with E-state index in [4.69, 9.17) is 0 Å². The zero-order chi connectivity index (χ0) is 9.59. The minimum absolute atomic E-state index is 0.274. The first-order valence-corrected chi connectivity index (χ1v) is 3.64. The van der Waals surface area contributed by atoms with Crippen molar-refractivity contribution in [3.05, 3.63) is 27.2 Å². The predicted molar refractivity (Wildman–Crippen MR) is 45.4 cm³/mol. The van der Waals surface area contributed by atoms with E-state index >= 15 is 0 Å². The fraction of sp³-hybridized carbons (Fsp3) is 0.286. The number of hydrogen-bond donors (Lipinski definition) is 1. The van der Waals surface area contributed by atoms with E-state index < -0.39 is 5.69 Å². The molecule has 1 N–H and O–H groups in total. The summed E-state index contributed by atoms with van der Waals surface area (Å²) in [4.78, 5) is 28.8. The van der Waals surface area contributed by atoms with Gasteiger partial charge in [-0.25, -0.2) is 9.78 Å². The molecule has 1 radical (unpaired) electrons. The number of rotatable bonds is 0. The zero-order valence-corrected chi connectivity index (χ0v) is 7.16. The van der Waals surface area contributed by atoms with Crippen LogP contribution in [0.5, 0.6) is 0 Å². The highest BCUT2D eigenvalue weighted by atomic mass is 16.2. The third-order valence-electron chi connectivity index (χ3n) is 1.91. The average molecular weight is 179 g/mol. The molecule has 0 atom stereocenters. The summed E-state index contributed by atoms with van der Waals surface area (Å²) in [5.74, 6) is 0. The fourth-order valence-electron chi connectivity index (χ4n) is 1.15. The summed E-state index contributed by atoms with van der Waals surface area (Å²) in [5, 5.41) is 0. The van der Waals surface area contributed by atoms with E-state index in [0.717, 1.165) is 4.57 Å². The van der Waals surface area contributed by atoms with Crippen LogP contribution in [0, 0.1) is 6.33 Å². The van der Waals surface area contributed by atoms with Gasteiger partial charge in [0, 0.05) is 14.1 Å². The Morgan fingerprint density at radius 1 is 1.38 bits per heavy atom. The normalized spacial score (nSPS) is 10.9. The lowest BCUT2D eigenvalue weighted by molar-refractivity contribution is 0.783. The summed E-state index contributed by atoms with van der Waals surface area (Å²) in [6.45, 7) is 0. The molecule has 2 aromatic rings. The lowest BCUT2D eigenvalue weighted by Crippen LogP contribution is -2.33. The number of fused-ring (bicyclic) bond motifs is 1. The molecular formula is C7H7N4O2. The highest BCUT2D eigenvalue weighted by Crippen LogP contribution is 1.98. The largest absolute Gasteiger partial charge is 0.329 e. The van der Waals surface area contributed by atoms with Crippen molar-refractivity contribution in [2.45, 2.75) is 0 Å². The maximum Gasteiger partial charge on any atom is 0.329 e. The molecule has 2 heterocycles. The van der Waals surface area contributed by atoms with Crippen LogP contribution in [0.4, 0.5) is 0 Å². The van der Waals surface area contributed by atoms with Gasteiger partial charge in [0.15, 0.2) is 17.5 Å². The third kappa shape index (κ3) is 0.915. The average Bonchev–Trinajstić information content (AvgIpc) is 2.43. The van der Waals surface area contributed by atoms with Crippen LogP contribution in [-0.2, 0) is 14.1 Å². The molecule has 0 saturated heterocycles. The molecule has 2 rings (SSSR count). The number of aromatic amines is 1. The summed E-state index contributed by atoms with van der Waals surface area (Å²) in [6, 6.07) is 0. The Bertz CT molecular complexity index is 574. The van der Waals surface area contributed by atoms with Gasteiger partial charge in [0.2, 0.25) is 0 Å². The lowest BCUT2D eigenvalue weighted by atomic mass is 10.5. The molecule has 2 aromatic heterocycles. The number of aromatic nitrogens is 4. The topological polar surface area (TPSA) is 72.7 Å². The molecular weight excluding hydrogens is 172 g/mol. The molecule has 0 aromatic carbocycles. The minimum atomic E-state index is -0.468. The molecule has 0 aliphatic carbocycles. The van der Waals surface area contributed by atoms with Crippen LogP contribution in [0.3, 0.4) is 0 Å². The number of imidazole rings is 1. The van der Waals surface area contributed by atoms with Gasteiger partial charge in [0.1, 0.15) is 0 Å². The van der Waals surface area contributed by atoms with Gasteiger partial charge in [-0.1, -0.05) is 0 Å². The van der Waals surface area contributed by atoms with Crippen molar-refractivity contribution in [3.8, 4) is 0 Å². The summed E-state index contributed by atoms with van der Waals surface area (Å²) < 4.78 is 2.45. The SMILES string of the molecule is Cn1c(=O)[nH]c2n[c]n(C)c2c1=O. The molecule has 0 amide bonds. The zero-order valence-electron chi connectivity index (χ0n) is 7.16. The summed E-state index contributed by atoms with van der Waals surface area (Å²) >= 11 is 0. The molecule has 0 unspecified atom stereocenters. The maximum atomic E-state index is 11.5. The van der Waals surface area contributed by atoms with Gasteiger partial charge in [0.05, 0.1) is 0 Å². The maximum absolute atomic E-state index is 11.5. The standard InChI is InChI=1S/C7H7N4O2/c1-10-3-8-5-4(10)6(12)11(2)7(13)9-5/h1-2H3,(H,9,13). The number of aryl methyl sites for hydroxylation is 1. The number of nitrogens with zero attached hydrogens (tertiary/aromatic N) is 3. The molecule has 0 spiro atoms. The van der Waals surface area contributed by atoms with Gasteiger partial charge in [-0.15, -0.1) is 0 Å². The van der Waals surface area contributed by atoms with Crippen LogP contribution in [0.15, 0.2) is 9.59 Å². The van der Waals surface area contributed by atoms with Crippen molar-refractivity contribution >= 4 is 11.2 Å². The van der Waals surface area contributed by atoms with E-state index in [1.165, 1.54) is 11.6 Å². The van der Waals surface area contributed by atoms with Crippen LogP contribution in [0.2, 0.25) is 0 Å². The van der Waals surface area contributed by atoms with Gasteiger partial charge in [0.25, 0.3) is 5.56 Å². The molecule has 0 aliphatic rings. The second-order valence-corrected chi connectivity index (χ2v) is 2.76. The lowest BCUT2D eigenvalue weighted by Gasteiger charge is -1.96. The molecule has 67 valence electrons. The number of H-pyrrole nitrogens is 1. The first kappa shape index (κ1) is 7.78. The molecule has 13 heavy (non-hydrogen) atoms. The molecule has 6 heteroatoms.